The number of piperidine rings is 1. The van der Waals surface area contributed by atoms with Crippen LogP contribution in [0.4, 0.5) is 19.3 Å². The number of fused-ring (bicyclic) bond motifs is 2. The number of halogens is 3. The zero-order chi connectivity index (χ0) is 35.0. The molecule has 0 unspecified atom stereocenters. The van der Waals surface area contributed by atoms with Gasteiger partial charge in [-0.3, -0.25) is 9.69 Å². The predicted octanol–water partition coefficient (Wildman–Crippen LogP) is 6.35. The number of nitrogens with zero attached hydrogens (tertiary/aromatic N) is 8. The van der Waals surface area contributed by atoms with Gasteiger partial charge in [0.15, 0.2) is 12.3 Å². The first-order valence-corrected chi connectivity index (χ1v) is 16.3. The fraction of sp³-hybridized carbons (Fsp3) is 0.441. The second kappa shape index (κ2) is 13.5. The molecule has 3 aromatic heterocycles. The molecule has 0 saturated carbocycles. The molecular formula is C34H35ClF2N8O4. The normalized spacial score (nSPS) is 18.0. The number of nitriles is 1. The zero-order valence-electron chi connectivity index (χ0n) is 27.5. The molecule has 2 aliphatic heterocycles. The average molecular weight is 693 g/mol. The van der Waals surface area contributed by atoms with Crippen LogP contribution in [0.2, 0.25) is 5.02 Å². The van der Waals surface area contributed by atoms with Gasteiger partial charge in [-0.2, -0.15) is 10.4 Å². The molecule has 2 atom stereocenters. The summed E-state index contributed by atoms with van der Waals surface area (Å²) in [6.07, 6.45) is 1.55. The number of carbonyl (C=O) groups is 2. The molecule has 0 aliphatic carbocycles. The van der Waals surface area contributed by atoms with Gasteiger partial charge in [0, 0.05) is 42.9 Å². The van der Waals surface area contributed by atoms with E-state index in [1.807, 2.05) is 27.7 Å². The SMILES string of the molecule is C[C@@H]1CN(C(=O)OC(C)(C)C)CC[C@H]1n1ncc2c(-c3ccc4c(c3)OCC(=O)N4Cc3ncc(Cl)cn3)c(C#N)c(CCC(F)F)nc21. The molecule has 5 heterocycles. The second-order valence-electron chi connectivity index (χ2n) is 13.2. The Kier molecular flexibility index (Phi) is 9.39. The summed E-state index contributed by atoms with van der Waals surface area (Å²) in [4.78, 5) is 42.1. The van der Waals surface area contributed by atoms with E-state index in [1.54, 1.807) is 34.0 Å². The molecule has 15 heteroatoms. The third-order valence-corrected chi connectivity index (χ3v) is 8.71. The van der Waals surface area contributed by atoms with Crippen LogP contribution in [-0.2, 0) is 22.5 Å². The number of likely N-dealkylation sites (tertiary alicyclic amines) is 1. The van der Waals surface area contributed by atoms with Crippen LogP contribution in [0.3, 0.4) is 0 Å². The molecule has 0 N–H and O–H groups in total. The van der Waals surface area contributed by atoms with Crippen molar-refractivity contribution in [2.75, 3.05) is 24.6 Å². The largest absolute Gasteiger partial charge is 0.482 e. The Balaban J connectivity index is 1.39. The summed E-state index contributed by atoms with van der Waals surface area (Å²) in [6, 6.07) is 7.24. The Morgan fingerprint density at radius 3 is 2.65 bits per heavy atom. The van der Waals surface area contributed by atoms with E-state index in [1.165, 1.54) is 17.3 Å². The molecule has 1 fully saturated rings. The van der Waals surface area contributed by atoms with Gasteiger partial charge in [-0.15, -0.1) is 0 Å². The van der Waals surface area contributed by atoms with Crippen LogP contribution >= 0.6 is 11.6 Å². The Bertz CT molecular complexity index is 1940. The minimum Gasteiger partial charge on any atom is -0.482 e. The first-order valence-electron chi connectivity index (χ1n) is 15.9. The van der Waals surface area contributed by atoms with E-state index in [4.69, 9.17) is 31.2 Å². The number of hydrogen-bond acceptors (Lipinski definition) is 9. The fourth-order valence-corrected chi connectivity index (χ4v) is 6.38. The highest BCUT2D eigenvalue weighted by Gasteiger charge is 2.35. The van der Waals surface area contributed by atoms with E-state index in [0.29, 0.717) is 64.0 Å². The molecule has 256 valence electrons. The number of aromatic nitrogens is 5. The summed E-state index contributed by atoms with van der Waals surface area (Å²) >= 11 is 5.93. The Hall–Kier alpha value is -4.90. The number of anilines is 1. The first kappa shape index (κ1) is 34.0. The minimum atomic E-state index is -2.58. The molecule has 2 amide bonds. The number of amides is 2. The monoisotopic (exact) mass is 692 g/mol. The van der Waals surface area contributed by atoms with Gasteiger partial charge < -0.3 is 14.4 Å². The number of pyridine rings is 1. The van der Waals surface area contributed by atoms with Crippen molar-refractivity contribution in [2.45, 2.75) is 71.6 Å². The van der Waals surface area contributed by atoms with Crippen LogP contribution in [-0.4, -0.2) is 73.4 Å². The quantitative estimate of drug-likeness (QED) is 0.217. The highest BCUT2D eigenvalue weighted by atomic mass is 35.5. The lowest BCUT2D eigenvalue weighted by atomic mass is 9.93. The Morgan fingerprint density at radius 2 is 1.98 bits per heavy atom. The van der Waals surface area contributed by atoms with Crippen LogP contribution in [0.15, 0.2) is 36.8 Å². The van der Waals surface area contributed by atoms with Gasteiger partial charge in [-0.25, -0.2) is 33.2 Å². The second-order valence-corrected chi connectivity index (χ2v) is 13.6. The highest BCUT2D eigenvalue weighted by Crippen LogP contribution is 2.41. The topological polar surface area (TPSA) is 139 Å². The first-order chi connectivity index (χ1) is 23.3. The Labute approximate surface area is 286 Å². The van der Waals surface area contributed by atoms with E-state index in [9.17, 15) is 23.6 Å². The molecule has 6 rings (SSSR count). The number of alkyl halides is 2. The van der Waals surface area contributed by atoms with Crippen molar-refractivity contribution < 1.29 is 27.8 Å². The minimum absolute atomic E-state index is 0.0416. The van der Waals surface area contributed by atoms with Crippen molar-refractivity contribution in [3.05, 3.63) is 58.9 Å². The number of rotatable bonds is 7. The number of carbonyl (C=O) groups excluding carboxylic acids is 2. The van der Waals surface area contributed by atoms with Gasteiger partial charge in [0.05, 0.1) is 40.8 Å². The number of hydrogen-bond donors (Lipinski definition) is 0. The van der Waals surface area contributed by atoms with Crippen molar-refractivity contribution >= 4 is 40.3 Å². The lowest BCUT2D eigenvalue weighted by Gasteiger charge is -2.37. The third kappa shape index (κ3) is 7.12. The lowest BCUT2D eigenvalue weighted by Crippen LogP contribution is -2.45. The summed E-state index contributed by atoms with van der Waals surface area (Å²) in [5, 5.41) is 16.0. The molecule has 0 spiro atoms. The van der Waals surface area contributed by atoms with Gasteiger partial charge in [0.1, 0.15) is 23.2 Å². The summed E-state index contributed by atoms with van der Waals surface area (Å²) in [5.41, 5.74) is 1.78. The predicted molar refractivity (Wildman–Crippen MR) is 176 cm³/mol. The smallest absolute Gasteiger partial charge is 0.410 e. The van der Waals surface area contributed by atoms with E-state index in [-0.39, 0.29) is 54.8 Å². The molecular weight excluding hydrogens is 658 g/mol. The summed E-state index contributed by atoms with van der Waals surface area (Å²) in [7, 11) is 0. The van der Waals surface area contributed by atoms with Crippen molar-refractivity contribution in [3.63, 3.8) is 0 Å². The summed E-state index contributed by atoms with van der Waals surface area (Å²) in [5.74, 6) is 0.453. The summed E-state index contributed by atoms with van der Waals surface area (Å²) in [6.45, 7) is 8.21. The molecule has 12 nitrogen and oxygen atoms in total. The van der Waals surface area contributed by atoms with E-state index < -0.39 is 18.4 Å². The highest BCUT2D eigenvalue weighted by molar-refractivity contribution is 6.30. The molecule has 0 bridgehead atoms. The van der Waals surface area contributed by atoms with Gasteiger partial charge in [-0.1, -0.05) is 24.6 Å². The molecule has 0 radical (unpaired) electrons. The molecule has 1 aromatic carbocycles. The van der Waals surface area contributed by atoms with E-state index >= 15 is 0 Å². The standard InChI is InChI=1S/C34H35ClF2N8O4/c1-19-16-43(33(47)49-34(2,3)4)10-9-25(19)45-32-23(15-41-45)31(22(12-38)24(42-32)6-8-28(36)37)20-5-7-26-27(11-20)48-18-30(46)44(26)17-29-39-13-21(35)14-40-29/h5,7,11,13-15,19,25,28H,6,8-10,16-18H2,1-4H3/t19-,25-/m1/s1. The van der Waals surface area contributed by atoms with Crippen LogP contribution in [0.5, 0.6) is 5.75 Å². The van der Waals surface area contributed by atoms with E-state index in [2.05, 4.69) is 16.0 Å². The van der Waals surface area contributed by atoms with Gasteiger partial charge >= 0.3 is 6.09 Å². The van der Waals surface area contributed by atoms with Crippen LogP contribution in [0.25, 0.3) is 22.2 Å². The zero-order valence-corrected chi connectivity index (χ0v) is 28.2. The maximum atomic E-state index is 13.5. The summed E-state index contributed by atoms with van der Waals surface area (Å²) < 4.78 is 40.1. The number of benzene rings is 1. The third-order valence-electron chi connectivity index (χ3n) is 8.52. The van der Waals surface area contributed by atoms with Crippen molar-refractivity contribution in [2.24, 2.45) is 5.92 Å². The van der Waals surface area contributed by atoms with Crippen LogP contribution < -0.4 is 9.64 Å². The fourth-order valence-electron chi connectivity index (χ4n) is 6.28. The molecule has 49 heavy (non-hydrogen) atoms. The Morgan fingerprint density at radius 1 is 1.22 bits per heavy atom. The maximum Gasteiger partial charge on any atom is 0.410 e. The number of aryl methyl sites for hydroxylation is 1. The molecule has 2 aliphatic rings. The number of ether oxygens (including phenoxy) is 2. The van der Waals surface area contributed by atoms with Gasteiger partial charge in [0.25, 0.3) is 5.91 Å². The van der Waals surface area contributed by atoms with E-state index in [0.717, 1.165) is 0 Å². The van der Waals surface area contributed by atoms with Crippen molar-refractivity contribution in [1.82, 2.24) is 29.6 Å². The van der Waals surface area contributed by atoms with Crippen molar-refractivity contribution in [1.29, 1.82) is 5.26 Å². The maximum absolute atomic E-state index is 13.5. The van der Waals surface area contributed by atoms with Crippen molar-refractivity contribution in [3.8, 4) is 22.9 Å². The lowest BCUT2D eigenvalue weighted by molar-refractivity contribution is -0.121. The molecule has 4 aromatic rings. The van der Waals surface area contributed by atoms with Crippen LogP contribution in [0.1, 0.15) is 63.7 Å². The van der Waals surface area contributed by atoms with Crippen LogP contribution in [0, 0.1) is 17.2 Å². The molecule has 1 saturated heterocycles. The average Bonchev–Trinajstić information content (AvgIpc) is 3.47. The van der Waals surface area contributed by atoms with Gasteiger partial charge in [-0.05, 0) is 57.2 Å². The van der Waals surface area contributed by atoms with Gasteiger partial charge in [0.2, 0.25) is 6.43 Å².